The van der Waals surface area contributed by atoms with Crippen LogP contribution in [0.3, 0.4) is 0 Å². The molecule has 0 aliphatic carbocycles. The Kier molecular flexibility index (Phi) is 2.97. The number of aromatic nitrogens is 2. The van der Waals surface area contributed by atoms with Crippen molar-refractivity contribution in [1.82, 2.24) is 15.1 Å². The third-order valence-corrected chi connectivity index (χ3v) is 3.03. The number of aliphatic hydroxyl groups is 1. The fraction of sp³-hybridized carbons (Fsp3) is 0.545. The summed E-state index contributed by atoms with van der Waals surface area (Å²) in [5.74, 6) is 0.135. The molecule has 1 aliphatic rings. The number of likely N-dealkylation sites (tertiary alicyclic amines) is 1. The van der Waals surface area contributed by atoms with E-state index >= 15 is 0 Å². The van der Waals surface area contributed by atoms with Crippen LogP contribution in [0, 0.1) is 0 Å². The largest absolute Gasteiger partial charge is 0.390 e. The number of nitrogens with zero attached hydrogens (tertiary/aromatic N) is 3. The number of carbonyl (C=O) groups is 1. The minimum Gasteiger partial charge on any atom is -0.390 e. The van der Waals surface area contributed by atoms with E-state index in [-0.39, 0.29) is 5.91 Å². The average molecular weight is 236 g/mol. The van der Waals surface area contributed by atoms with Crippen molar-refractivity contribution in [2.45, 2.75) is 25.4 Å². The summed E-state index contributed by atoms with van der Waals surface area (Å²) in [4.78, 5) is 13.7. The lowest BCUT2D eigenvalue weighted by molar-refractivity contribution is -0.00221. The first-order valence-electron chi connectivity index (χ1n) is 5.59. The normalized spacial score (nSPS) is 19.1. The van der Waals surface area contributed by atoms with Gasteiger partial charge in [0.25, 0.3) is 5.91 Å². The van der Waals surface area contributed by atoms with Crippen LogP contribution in [0.4, 0.5) is 5.82 Å². The van der Waals surface area contributed by atoms with Crippen molar-refractivity contribution in [3.8, 4) is 0 Å². The van der Waals surface area contributed by atoms with Gasteiger partial charge in [-0.05, 0) is 31.9 Å². The van der Waals surface area contributed by atoms with Crippen LogP contribution >= 0.6 is 0 Å². The van der Waals surface area contributed by atoms with Gasteiger partial charge in [0.05, 0.1) is 5.60 Å². The predicted octanol–water partition coefficient (Wildman–Crippen LogP) is 0.0458. The molecule has 2 heterocycles. The van der Waals surface area contributed by atoms with Gasteiger partial charge in [-0.2, -0.15) is 0 Å². The first-order chi connectivity index (χ1) is 7.98. The standard InChI is InChI=1S/C11H16N4O2/c1-11(17)4-6-15(7-5-11)10(16)8-2-3-9(12)14-13-8/h2-3,17H,4-7H2,1H3,(H2,12,14). The highest BCUT2D eigenvalue weighted by atomic mass is 16.3. The van der Waals surface area contributed by atoms with Gasteiger partial charge in [0.15, 0.2) is 5.69 Å². The van der Waals surface area contributed by atoms with E-state index in [0.717, 1.165) is 0 Å². The van der Waals surface area contributed by atoms with Crippen molar-refractivity contribution in [3.63, 3.8) is 0 Å². The molecule has 92 valence electrons. The lowest BCUT2D eigenvalue weighted by atomic mass is 9.94. The van der Waals surface area contributed by atoms with Crippen molar-refractivity contribution in [2.75, 3.05) is 18.8 Å². The Balaban J connectivity index is 2.04. The summed E-state index contributed by atoms with van der Waals surface area (Å²) in [6, 6.07) is 3.12. The van der Waals surface area contributed by atoms with E-state index in [1.807, 2.05) is 0 Å². The minimum atomic E-state index is -0.663. The highest BCUT2D eigenvalue weighted by Gasteiger charge is 2.30. The van der Waals surface area contributed by atoms with Crippen LogP contribution in [-0.2, 0) is 0 Å². The monoisotopic (exact) mass is 236 g/mol. The number of piperidine rings is 1. The molecule has 0 spiro atoms. The van der Waals surface area contributed by atoms with Crippen molar-refractivity contribution in [3.05, 3.63) is 17.8 Å². The first kappa shape index (κ1) is 11.8. The van der Waals surface area contributed by atoms with Crippen molar-refractivity contribution in [2.24, 2.45) is 0 Å². The lowest BCUT2D eigenvalue weighted by Gasteiger charge is -2.35. The molecule has 0 radical (unpaired) electrons. The number of nitrogen functional groups attached to an aromatic ring is 1. The zero-order valence-corrected chi connectivity index (χ0v) is 9.76. The molecular formula is C11H16N4O2. The second kappa shape index (κ2) is 4.29. The van der Waals surface area contributed by atoms with E-state index in [2.05, 4.69) is 10.2 Å². The number of carbonyl (C=O) groups excluding carboxylic acids is 1. The molecule has 0 unspecified atom stereocenters. The second-order valence-electron chi connectivity index (χ2n) is 4.63. The van der Waals surface area contributed by atoms with Gasteiger partial charge < -0.3 is 15.7 Å². The summed E-state index contributed by atoms with van der Waals surface area (Å²) >= 11 is 0. The number of anilines is 1. The molecule has 0 saturated carbocycles. The van der Waals surface area contributed by atoms with Crippen LogP contribution in [0.2, 0.25) is 0 Å². The molecule has 1 amide bonds. The van der Waals surface area contributed by atoms with Crippen molar-refractivity contribution in [1.29, 1.82) is 0 Å². The molecule has 6 heteroatoms. The minimum absolute atomic E-state index is 0.159. The zero-order chi connectivity index (χ0) is 12.5. The Bertz CT molecular complexity index is 406. The molecule has 1 saturated heterocycles. The molecule has 1 fully saturated rings. The number of rotatable bonds is 1. The van der Waals surface area contributed by atoms with Gasteiger partial charge >= 0.3 is 0 Å². The van der Waals surface area contributed by atoms with E-state index in [1.54, 1.807) is 24.0 Å². The van der Waals surface area contributed by atoms with Crippen LogP contribution < -0.4 is 5.73 Å². The maximum atomic E-state index is 12.0. The topological polar surface area (TPSA) is 92.3 Å². The van der Waals surface area contributed by atoms with Crippen LogP contribution in [0.5, 0.6) is 0 Å². The molecule has 0 aromatic carbocycles. The summed E-state index contributed by atoms with van der Waals surface area (Å²) in [7, 11) is 0. The van der Waals surface area contributed by atoms with Gasteiger partial charge in [-0.3, -0.25) is 4.79 Å². The van der Waals surface area contributed by atoms with Crippen LogP contribution in [0.15, 0.2) is 12.1 Å². The smallest absolute Gasteiger partial charge is 0.274 e. The van der Waals surface area contributed by atoms with Gasteiger partial charge in [0, 0.05) is 13.1 Å². The lowest BCUT2D eigenvalue weighted by Crippen LogP contribution is -2.45. The van der Waals surface area contributed by atoms with Crippen LogP contribution in [0.1, 0.15) is 30.3 Å². The number of hydrogen-bond donors (Lipinski definition) is 2. The molecular weight excluding hydrogens is 220 g/mol. The summed E-state index contributed by atoms with van der Waals surface area (Å²) in [5, 5.41) is 17.2. The molecule has 17 heavy (non-hydrogen) atoms. The van der Waals surface area contributed by atoms with Gasteiger partial charge in [0.2, 0.25) is 0 Å². The summed E-state index contributed by atoms with van der Waals surface area (Å²) in [6.45, 7) is 2.87. The molecule has 1 aromatic heterocycles. The SMILES string of the molecule is CC1(O)CCN(C(=O)c2ccc(N)nn2)CC1. The van der Waals surface area contributed by atoms with E-state index in [4.69, 9.17) is 5.73 Å². The van der Waals surface area contributed by atoms with E-state index in [9.17, 15) is 9.90 Å². The average Bonchev–Trinajstić information content (AvgIpc) is 2.29. The second-order valence-corrected chi connectivity index (χ2v) is 4.63. The highest BCUT2D eigenvalue weighted by Crippen LogP contribution is 2.21. The Morgan fingerprint density at radius 1 is 1.41 bits per heavy atom. The third kappa shape index (κ3) is 2.71. The maximum absolute atomic E-state index is 12.0. The Labute approximate surface area is 99.4 Å². The molecule has 1 aromatic rings. The number of nitrogens with two attached hydrogens (primary N) is 1. The Morgan fingerprint density at radius 3 is 2.59 bits per heavy atom. The Hall–Kier alpha value is -1.69. The van der Waals surface area contributed by atoms with E-state index < -0.39 is 5.60 Å². The first-order valence-corrected chi connectivity index (χ1v) is 5.59. The van der Waals surface area contributed by atoms with Gasteiger partial charge in [-0.25, -0.2) is 0 Å². The van der Waals surface area contributed by atoms with E-state index in [1.165, 1.54) is 0 Å². The zero-order valence-electron chi connectivity index (χ0n) is 9.76. The van der Waals surface area contributed by atoms with Gasteiger partial charge in [-0.15, -0.1) is 10.2 Å². The Morgan fingerprint density at radius 2 is 2.06 bits per heavy atom. The van der Waals surface area contributed by atoms with Crippen molar-refractivity contribution < 1.29 is 9.90 Å². The summed E-state index contributed by atoms with van der Waals surface area (Å²) in [5.41, 5.74) is 5.04. The predicted molar refractivity (Wildman–Crippen MR) is 62.2 cm³/mol. The summed E-state index contributed by atoms with van der Waals surface area (Å²) in [6.07, 6.45) is 1.17. The third-order valence-electron chi connectivity index (χ3n) is 3.03. The molecule has 2 rings (SSSR count). The number of amides is 1. The molecule has 0 bridgehead atoms. The fourth-order valence-corrected chi connectivity index (χ4v) is 1.81. The molecule has 0 atom stereocenters. The molecule has 3 N–H and O–H groups in total. The van der Waals surface area contributed by atoms with Gasteiger partial charge in [0.1, 0.15) is 5.82 Å². The maximum Gasteiger partial charge on any atom is 0.274 e. The van der Waals surface area contributed by atoms with Crippen LogP contribution in [-0.4, -0.2) is 44.8 Å². The van der Waals surface area contributed by atoms with Gasteiger partial charge in [-0.1, -0.05) is 0 Å². The number of hydrogen-bond acceptors (Lipinski definition) is 5. The molecule has 6 nitrogen and oxygen atoms in total. The highest BCUT2D eigenvalue weighted by molar-refractivity contribution is 5.92. The molecule has 1 aliphatic heterocycles. The van der Waals surface area contributed by atoms with E-state index in [0.29, 0.717) is 37.4 Å². The quantitative estimate of drug-likeness (QED) is 0.718. The van der Waals surface area contributed by atoms with Crippen molar-refractivity contribution >= 4 is 11.7 Å². The van der Waals surface area contributed by atoms with Crippen LogP contribution in [0.25, 0.3) is 0 Å². The fourth-order valence-electron chi connectivity index (χ4n) is 1.81. The summed E-state index contributed by atoms with van der Waals surface area (Å²) < 4.78 is 0.